The van der Waals surface area contributed by atoms with E-state index in [4.69, 9.17) is 14.6 Å². The Morgan fingerprint density at radius 1 is 1.00 bits per heavy atom. The topological polar surface area (TPSA) is 114 Å². The van der Waals surface area contributed by atoms with E-state index in [1.807, 2.05) is 43.3 Å². The molecule has 0 bridgehead atoms. The Bertz CT molecular complexity index is 947. The van der Waals surface area contributed by atoms with Crippen LogP contribution in [0.4, 0.5) is 4.79 Å². The minimum Gasteiger partial charge on any atom is -0.481 e. The maximum absolute atomic E-state index is 12.3. The van der Waals surface area contributed by atoms with Gasteiger partial charge in [0, 0.05) is 26.0 Å². The molecule has 8 nitrogen and oxygen atoms in total. The lowest BCUT2D eigenvalue weighted by Crippen LogP contribution is -2.44. The molecule has 0 radical (unpaired) electrons. The summed E-state index contributed by atoms with van der Waals surface area (Å²) in [5.74, 6) is -1.34. The third-order valence-corrected chi connectivity index (χ3v) is 5.81. The number of carbonyl (C=O) groups is 3. The standard InChI is InChI=1S/C25H30N2O6/c1-16(13-23(28)29)11-12-26-24(30)22(32-2)14-27-25(31)33-15-21-19-9-5-3-7-17(19)18-8-4-6-10-20(18)21/h3-10,16,21-22H,11-15H2,1-2H3,(H,26,30)(H,27,31)(H,28,29). The summed E-state index contributed by atoms with van der Waals surface area (Å²) in [5.41, 5.74) is 4.54. The highest BCUT2D eigenvalue weighted by Gasteiger charge is 2.29. The van der Waals surface area contributed by atoms with Crippen LogP contribution < -0.4 is 10.6 Å². The summed E-state index contributed by atoms with van der Waals surface area (Å²) < 4.78 is 10.7. The van der Waals surface area contributed by atoms with Gasteiger partial charge in [-0.05, 0) is 34.6 Å². The van der Waals surface area contributed by atoms with E-state index in [1.54, 1.807) is 0 Å². The molecule has 3 rings (SSSR count). The molecule has 1 aliphatic rings. The lowest BCUT2D eigenvalue weighted by Gasteiger charge is -2.18. The number of carboxylic acids is 1. The van der Waals surface area contributed by atoms with Gasteiger partial charge in [0.15, 0.2) is 6.10 Å². The van der Waals surface area contributed by atoms with Crippen LogP contribution in [0.25, 0.3) is 11.1 Å². The zero-order valence-electron chi connectivity index (χ0n) is 18.9. The van der Waals surface area contributed by atoms with Crippen LogP contribution in [0.1, 0.15) is 36.8 Å². The quantitative estimate of drug-likeness (QED) is 0.481. The van der Waals surface area contributed by atoms with Gasteiger partial charge in [-0.2, -0.15) is 0 Å². The second-order valence-electron chi connectivity index (χ2n) is 8.21. The molecular formula is C25H30N2O6. The molecule has 2 aromatic carbocycles. The van der Waals surface area contributed by atoms with Crippen molar-refractivity contribution in [3.05, 3.63) is 59.7 Å². The molecule has 33 heavy (non-hydrogen) atoms. The van der Waals surface area contributed by atoms with Crippen LogP contribution in [-0.2, 0) is 19.1 Å². The lowest BCUT2D eigenvalue weighted by atomic mass is 9.98. The van der Waals surface area contributed by atoms with Gasteiger partial charge in [-0.3, -0.25) is 9.59 Å². The maximum Gasteiger partial charge on any atom is 0.407 e. The fourth-order valence-electron chi connectivity index (χ4n) is 4.06. The first kappa shape index (κ1) is 24.3. The number of carbonyl (C=O) groups excluding carboxylic acids is 2. The molecule has 2 unspecified atom stereocenters. The number of ether oxygens (including phenoxy) is 2. The number of nitrogens with one attached hydrogen (secondary N) is 2. The van der Waals surface area contributed by atoms with E-state index in [0.717, 1.165) is 22.3 Å². The number of amides is 2. The smallest absolute Gasteiger partial charge is 0.407 e. The van der Waals surface area contributed by atoms with Gasteiger partial charge in [0.2, 0.25) is 0 Å². The second kappa shape index (κ2) is 11.5. The minimum absolute atomic E-state index is 0.0380. The summed E-state index contributed by atoms with van der Waals surface area (Å²) in [6.45, 7) is 2.29. The van der Waals surface area contributed by atoms with E-state index in [0.29, 0.717) is 13.0 Å². The minimum atomic E-state index is -0.875. The summed E-state index contributed by atoms with van der Waals surface area (Å²) >= 11 is 0. The molecule has 0 fully saturated rings. The fraction of sp³-hybridized carbons (Fsp3) is 0.400. The van der Waals surface area contributed by atoms with Crippen molar-refractivity contribution in [2.24, 2.45) is 5.92 Å². The van der Waals surface area contributed by atoms with Crippen LogP contribution in [0.2, 0.25) is 0 Å². The Hall–Kier alpha value is -3.39. The summed E-state index contributed by atoms with van der Waals surface area (Å²) in [6.07, 6.45) is -0.914. The summed E-state index contributed by atoms with van der Waals surface area (Å²) in [6, 6.07) is 16.2. The van der Waals surface area contributed by atoms with Crippen molar-refractivity contribution in [1.82, 2.24) is 10.6 Å². The van der Waals surface area contributed by atoms with Gasteiger partial charge in [0.25, 0.3) is 5.91 Å². The number of alkyl carbamates (subject to hydrolysis) is 1. The summed E-state index contributed by atoms with van der Waals surface area (Å²) in [5, 5.41) is 14.1. The van der Waals surface area contributed by atoms with E-state index in [1.165, 1.54) is 7.11 Å². The average molecular weight is 455 g/mol. The Morgan fingerprint density at radius 3 is 2.18 bits per heavy atom. The first-order chi connectivity index (χ1) is 15.9. The fourth-order valence-corrected chi connectivity index (χ4v) is 4.06. The van der Waals surface area contributed by atoms with Crippen molar-refractivity contribution >= 4 is 18.0 Å². The molecule has 8 heteroatoms. The largest absolute Gasteiger partial charge is 0.481 e. The Kier molecular flexibility index (Phi) is 8.43. The molecular weight excluding hydrogens is 424 g/mol. The van der Waals surface area contributed by atoms with Crippen molar-refractivity contribution in [3.63, 3.8) is 0 Å². The van der Waals surface area contributed by atoms with Gasteiger partial charge < -0.3 is 25.2 Å². The lowest BCUT2D eigenvalue weighted by molar-refractivity contribution is -0.138. The second-order valence-corrected chi connectivity index (χ2v) is 8.21. The van der Waals surface area contributed by atoms with E-state index in [9.17, 15) is 14.4 Å². The zero-order chi connectivity index (χ0) is 23.8. The molecule has 176 valence electrons. The first-order valence-electron chi connectivity index (χ1n) is 11.0. The number of hydrogen-bond acceptors (Lipinski definition) is 5. The van der Waals surface area contributed by atoms with Crippen molar-refractivity contribution in [2.45, 2.75) is 31.8 Å². The Morgan fingerprint density at radius 2 is 1.61 bits per heavy atom. The summed E-state index contributed by atoms with van der Waals surface area (Å²) in [4.78, 5) is 35.3. The molecule has 2 amide bonds. The van der Waals surface area contributed by atoms with Gasteiger partial charge in [0.05, 0.1) is 6.54 Å². The highest BCUT2D eigenvalue weighted by Crippen LogP contribution is 2.44. The van der Waals surface area contributed by atoms with E-state index >= 15 is 0 Å². The molecule has 2 atom stereocenters. The van der Waals surface area contributed by atoms with Gasteiger partial charge >= 0.3 is 12.1 Å². The number of rotatable bonds is 11. The van der Waals surface area contributed by atoms with Crippen LogP contribution in [0.15, 0.2) is 48.5 Å². The van der Waals surface area contributed by atoms with Crippen LogP contribution in [-0.4, -0.2) is 56.0 Å². The van der Waals surface area contributed by atoms with Gasteiger partial charge in [-0.15, -0.1) is 0 Å². The van der Waals surface area contributed by atoms with Crippen molar-refractivity contribution in [3.8, 4) is 11.1 Å². The van der Waals surface area contributed by atoms with Gasteiger partial charge in [0.1, 0.15) is 6.61 Å². The van der Waals surface area contributed by atoms with Crippen molar-refractivity contribution in [2.75, 3.05) is 26.8 Å². The molecule has 0 spiro atoms. The number of carboxylic acid groups (broad SMARTS) is 1. The highest BCUT2D eigenvalue weighted by molar-refractivity contribution is 5.82. The molecule has 2 aromatic rings. The number of fused-ring (bicyclic) bond motifs is 3. The van der Waals surface area contributed by atoms with Crippen LogP contribution in [0.5, 0.6) is 0 Å². The predicted molar refractivity (Wildman–Crippen MR) is 123 cm³/mol. The van der Waals surface area contributed by atoms with Gasteiger partial charge in [-0.25, -0.2) is 4.79 Å². The monoisotopic (exact) mass is 454 g/mol. The molecule has 3 N–H and O–H groups in total. The maximum atomic E-state index is 12.3. The highest BCUT2D eigenvalue weighted by atomic mass is 16.5. The molecule has 1 aliphatic carbocycles. The van der Waals surface area contributed by atoms with E-state index < -0.39 is 18.2 Å². The third-order valence-electron chi connectivity index (χ3n) is 5.81. The van der Waals surface area contributed by atoms with E-state index in [-0.39, 0.29) is 37.3 Å². The van der Waals surface area contributed by atoms with E-state index in [2.05, 4.69) is 22.8 Å². The third kappa shape index (κ3) is 6.32. The zero-order valence-corrected chi connectivity index (χ0v) is 18.9. The van der Waals surface area contributed by atoms with Gasteiger partial charge in [-0.1, -0.05) is 55.5 Å². The number of methoxy groups -OCH3 is 1. The molecule has 0 saturated heterocycles. The number of benzene rings is 2. The Labute approximate surface area is 193 Å². The molecule has 0 aliphatic heterocycles. The normalized spacial score (nSPS) is 14.0. The molecule has 0 heterocycles. The molecule has 0 saturated carbocycles. The van der Waals surface area contributed by atoms with Crippen molar-refractivity contribution < 1.29 is 29.0 Å². The first-order valence-corrected chi connectivity index (χ1v) is 11.0. The van der Waals surface area contributed by atoms with Crippen LogP contribution in [0.3, 0.4) is 0 Å². The number of hydrogen-bond donors (Lipinski definition) is 3. The predicted octanol–water partition coefficient (Wildman–Crippen LogP) is 3.16. The molecule has 0 aromatic heterocycles. The number of aliphatic carboxylic acids is 1. The van der Waals surface area contributed by atoms with Crippen LogP contribution >= 0.6 is 0 Å². The SMILES string of the molecule is COC(CNC(=O)OCC1c2ccccc2-c2ccccc21)C(=O)NCCC(C)CC(=O)O. The average Bonchev–Trinajstić information content (AvgIpc) is 3.11. The Balaban J connectivity index is 1.46. The van der Waals surface area contributed by atoms with Crippen LogP contribution in [0, 0.1) is 5.92 Å². The van der Waals surface area contributed by atoms with Crippen molar-refractivity contribution in [1.29, 1.82) is 0 Å². The summed E-state index contributed by atoms with van der Waals surface area (Å²) in [7, 11) is 1.39.